The van der Waals surface area contributed by atoms with Crippen molar-refractivity contribution in [2.24, 2.45) is 5.92 Å². The number of halogens is 1. The first kappa shape index (κ1) is 17.8. The van der Waals surface area contributed by atoms with Gasteiger partial charge in [0.2, 0.25) is 0 Å². The fourth-order valence-corrected chi connectivity index (χ4v) is 4.19. The highest BCUT2D eigenvalue weighted by Crippen LogP contribution is 2.39. The van der Waals surface area contributed by atoms with E-state index in [-0.39, 0.29) is 12.0 Å². The van der Waals surface area contributed by atoms with E-state index in [4.69, 9.17) is 4.74 Å². The van der Waals surface area contributed by atoms with Crippen LogP contribution in [-0.2, 0) is 4.74 Å². The zero-order valence-corrected chi connectivity index (χ0v) is 15.3. The van der Waals surface area contributed by atoms with Crippen molar-refractivity contribution in [2.45, 2.75) is 44.7 Å². The van der Waals surface area contributed by atoms with Gasteiger partial charge in [-0.1, -0.05) is 0 Å². The molecule has 0 spiro atoms. The lowest BCUT2D eigenvalue weighted by Gasteiger charge is -2.42. The Morgan fingerprint density at radius 3 is 2.79 bits per heavy atom. The number of aromatic amines is 1. The van der Waals surface area contributed by atoms with Gasteiger partial charge >= 0.3 is 6.09 Å². The van der Waals surface area contributed by atoms with Gasteiger partial charge in [0, 0.05) is 19.1 Å². The molecule has 2 saturated heterocycles. The predicted octanol–water partition coefficient (Wildman–Crippen LogP) is 2.92. The second-order valence-corrected chi connectivity index (χ2v) is 7.41. The van der Waals surface area contributed by atoms with Crippen LogP contribution < -0.4 is 0 Å². The van der Waals surface area contributed by atoms with E-state index in [9.17, 15) is 15.1 Å². The summed E-state index contributed by atoms with van der Waals surface area (Å²) in [6.45, 7) is 3.56. The van der Waals surface area contributed by atoms with Gasteiger partial charge in [0.25, 0.3) is 0 Å². The lowest BCUT2D eigenvalue weighted by atomic mass is 9.92. The van der Waals surface area contributed by atoms with E-state index in [1.165, 1.54) is 0 Å². The molecule has 3 rings (SSSR count). The molecule has 0 radical (unpaired) electrons. The SMILES string of the molecule is CC(C1CCOCC1)[N+](O)(C(=O)O)N1CCCC1c1ncc(Br)[nH]1. The molecule has 24 heavy (non-hydrogen) atoms. The zero-order chi connectivity index (χ0) is 17.3. The normalized spacial score (nSPS) is 27.0. The lowest BCUT2D eigenvalue weighted by molar-refractivity contribution is -1.15. The number of amides is 1. The number of hydrogen-bond acceptors (Lipinski definition) is 5. The maximum atomic E-state index is 12.1. The predicted molar refractivity (Wildman–Crippen MR) is 88.0 cm³/mol. The van der Waals surface area contributed by atoms with Crippen LogP contribution in [0.25, 0.3) is 0 Å². The molecule has 134 valence electrons. The highest BCUT2D eigenvalue weighted by Gasteiger charge is 2.56. The van der Waals surface area contributed by atoms with E-state index >= 15 is 0 Å². The molecule has 8 nitrogen and oxygen atoms in total. The lowest BCUT2D eigenvalue weighted by Crippen LogP contribution is -2.67. The number of hydrogen-bond donors (Lipinski definition) is 3. The zero-order valence-electron chi connectivity index (χ0n) is 13.7. The van der Waals surface area contributed by atoms with Gasteiger partial charge in [0.1, 0.15) is 16.5 Å². The van der Waals surface area contributed by atoms with Crippen LogP contribution in [0.1, 0.15) is 44.5 Å². The topological polar surface area (TPSA) is 98.7 Å². The molecular weight excluding hydrogens is 380 g/mol. The number of nitrogens with one attached hydrogen (secondary N) is 1. The Bertz CT molecular complexity index is 592. The molecule has 0 saturated carbocycles. The summed E-state index contributed by atoms with van der Waals surface area (Å²) >= 11 is 3.34. The average molecular weight is 404 g/mol. The van der Waals surface area contributed by atoms with Crippen molar-refractivity contribution in [1.82, 2.24) is 15.0 Å². The van der Waals surface area contributed by atoms with Crippen LogP contribution in [0.4, 0.5) is 4.79 Å². The average Bonchev–Trinajstić information content (AvgIpc) is 3.22. The van der Waals surface area contributed by atoms with Crippen molar-refractivity contribution in [3.63, 3.8) is 0 Å². The summed E-state index contributed by atoms with van der Waals surface area (Å²) in [5.41, 5.74) is 0. The third-order valence-corrected chi connectivity index (χ3v) is 5.70. The molecule has 3 unspecified atom stereocenters. The first-order valence-corrected chi connectivity index (χ1v) is 9.14. The standard InChI is InChI=1S/C15H23BrN4O4/c1-10(11-4-7-24-8-5-11)20(23,15(21)22)19-6-2-3-12(19)14-17-9-13(16)18-14/h9-12,23H,2-8H2,1H3,(H-,17,18,21,22)/p+1. The quantitative estimate of drug-likeness (QED) is 0.406. The summed E-state index contributed by atoms with van der Waals surface area (Å²) in [4.78, 5) is 19.5. The van der Waals surface area contributed by atoms with Gasteiger partial charge in [-0.25, -0.2) is 4.98 Å². The van der Waals surface area contributed by atoms with E-state index in [0.717, 1.165) is 30.3 Å². The minimum atomic E-state index is -1.24. The largest absolute Gasteiger partial charge is 0.568 e. The van der Waals surface area contributed by atoms with E-state index < -0.39 is 16.9 Å². The van der Waals surface area contributed by atoms with Crippen LogP contribution in [0, 0.1) is 5.92 Å². The number of nitrogens with zero attached hydrogens (tertiary/aromatic N) is 3. The van der Waals surface area contributed by atoms with Gasteiger partial charge in [-0.2, -0.15) is 10.0 Å². The minimum Gasteiger partial charge on any atom is -0.432 e. The third-order valence-electron chi connectivity index (χ3n) is 5.29. The van der Waals surface area contributed by atoms with Crippen molar-refractivity contribution in [2.75, 3.05) is 19.8 Å². The number of carboxylic acid groups (broad SMARTS) is 1. The molecule has 1 aromatic rings. The number of H-pyrrole nitrogens is 1. The Morgan fingerprint density at radius 1 is 1.50 bits per heavy atom. The molecule has 0 aromatic carbocycles. The molecule has 0 bridgehead atoms. The van der Waals surface area contributed by atoms with Crippen molar-refractivity contribution in [1.29, 1.82) is 0 Å². The summed E-state index contributed by atoms with van der Waals surface area (Å²) < 4.78 is 5.03. The van der Waals surface area contributed by atoms with Crippen molar-refractivity contribution >= 4 is 22.0 Å². The van der Waals surface area contributed by atoms with Crippen molar-refractivity contribution < 1.29 is 24.6 Å². The molecule has 2 aliphatic rings. The molecule has 2 fully saturated rings. The molecule has 1 aromatic heterocycles. The van der Waals surface area contributed by atoms with Crippen molar-refractivity contribution in [3.8, 4) is 0 Å². The number of hydroxylamine groups is 2. The summed E-state index contributed by atoms with van der Waals surface area (Å²) in [5, 5.41) is 22.7. The van der Waals surface area contributed by atoms with Crippen LogP contribution >= 0.6 is 15.9 Å². The fraction of sp³-hybridized carbons (Fsp3) is 0.733. The molecule has 3 atom stereocenters. The van der Waals surface area contributed by atoms with Gasteiger partial charge in [-0.3, -0.25) is 0 Å². The second-order valence-electron chi connectivity index (χ2n) is 6.56. The second kappa shape index (κ2) is 7.09. The molecule has 2 aliphatic heterocycles. The van der Waals surface area contributed by atoms with Crippen LogP contribution in [0.5, 0.6) is 0 Å². The fourth-order valence-electron chi connectivity index (χ4n) is 3.89. The van der Waals surface area contributed by atoms with E-state index in [1.54, 1.807) is 11.2 Å². The Morgan fingerprint density at radius 2 is 2.21 bits per heavy atom. The van der Waals surface area contributed by atoms with Crippen LogP contribution in [-0.4, -0.2) is 61.9 Å². The highest BCUT2D eigenvalue weighted by atomic mass is 79.9. The molecule has 3 heterocycles. The third kappa shape index (κ3) is 3.11. The smallest absolute Gasteiger partial charge is 0.432 e. The Balaban J connectivity index is 1.89. The molecule has 9 heteroatoms. The number of rotatable bonds is 4. The van der Waals surface area contributed by atoms with E-state index in [2.05, 4.69) is 25.9 Å². The van der Waals surface area contributed by atoms with Gasteiger partial charge in [0.05, 0.1) is 12.7 Å². The van der Waals surface area contributed by atoms with Gasteiger partial charge in [-0.15, -0.1) is 5.01 Å². The van der Waals surface area contributed by atoms with Crippen LogP contribution in [0.15, 0.2) is 10.8 Å². The first-order chi connectivity index (χ1) is 11.4. The number of quaternary nitrogens is 1. The maximum absolute atomic E-state index is 12.1. The Kier molecular flexibility index (Phi) is 5.26. The molecule has 1 amide bonds. The monoisotopic (exact) mass is 403 g/mol. The van der Waals surface area contributed by atoms with Crippen LogP contribution in [0.2, 0.25) is 0 Å². The van der Waals surface area contributed by atoms with Gasteiger partial charge in [0.15, 0.2) is 6.04 Å². The summed E-state index contributed by atoms with van der Waals surface area (Å²) in [6, 6.07) is -0.704. The van der Waals surface area contributed by atoms with Gasteiger partial charge < -0.3 is 14.8 Å². The van der Waals surface area contributed by atoms with Crippen molar-refractivity contribution in [3.05, 3.63) is 16.6 Å². The van der Waals surface area contributed by atoms with Gasteiger partial charge in [-0.05, 0) is 53.3 Å². The summed E-state index contributed by atoms with van der Waals surface area (Å²) in [7, 11) is 0. The van der Waals surface area contributed by atoms with Crippen LogP contribution in [0.3, 0.4) is 0 Å². The minimum absolute atomic E-state index is 0.101. The summed E-state index contributed by atoms with van der Waals surface area (Å²) in [5.74, 6) is 0.779. The van der Waals surface area contributed by atoms with E-state index in [0.29, 0.717) is 25.6 Å². The molecule has 0 aliphatic carbocycles. The number of imidazole rings is 1. The highest BCUT2D eigenvalue weighted by molar-refractivity contribution is 9.10. The summed E-state index contributed by atoms with van der Waals surface area (Å²) in [6.07, 6.45) is 3.51. The Labute approximate surface area is 149 Å². The Hall–Kier alpha value is -1.000. The maximum Gasteiger partial charge on any atom is 0.568 e. The van der Waals surface area contributed by atoms with E-state index in [1.807, 2.05) is 6.92 Å². The molecular formula is C15H24BrN4O4+. The molecule has 3 N–H and O–H groups in total. The number of ether oxygens (including phenoxy) is 1. The first-order valence-electron chi connectivity index (χ1n) is 8.34. The number of carbonyl (C=O) groups is 1. The number of aromatic nitrogens is 2.